The number of ether oxygens (including phenoxy) is 1. The van der Waals surface area contributed by atoms with E-state index in [4.69, 9.17) is 4.74 Å². The molecular weight excluding hydrogens is 264 g/mol. The normalized spacial score (nSPS) is 28.0. The van der Waals surface area contributed by atoms with Gasteiger partial charge in [0.15, 0.2) is 0 Å². The summed E-state index contributed by atoms with van der Waals surface area (Å²) in [4.78, 5) is 2.41. The second kappa shape index (κ2) is 9.09. The summed E-state index contributed by atoms with van der Waals surface area (Å²) >= 11 is 0. The maximum absolute atomic E-state index is 10.0. The Morgan fingerprint density at radius 2 is 2.00 bits per heavy atom. The Morgan fingerprint density at radius 1 is 1.24 bits per heavy atom. The summed E-state index contributed by atoms with van der Waals surface area (Å²) in [5.41, 5.74) is 0. The summed E-state index contributed by atoms with van der Waals surface area (Å²) in [5, 5.41) is 13.4. The van der Waals surface area contributed by atoms with Gasteiger partial charge in [-0.2, -0.15) is 0 Å². The average Bonchev–Trinajstić information content (AvgIpc) is 3.34. The molecule has 3 atom stereocenters. The quantitative estimate of drug-likeness (QED) is 0.606. The molecule has 2 aliphatic carbocycles. The summed E-state index contributed by atoms with van der Waals surface area (Å²) in [6, 6.07) is 0.817. The Labute approximate surface area is 130 Å². The first-order valence-electron chi connectivity index (χ1n) is 8.91. The minimum atomic E-state index is -0.379. The molecule has 0 spiro atoms. The van der Waals surface area contributed by atoms with Crippen molar-refractivity contribution in [3.63, 3.8) is 0 Å². The van der Waals surface area contributed by atoms with Crippen LogP contribution in [0.2, 0.25) is 0 Å². The number of hydrogen-bond acceptors (Lipinski definition) is 4. The molecule has 0 radical (unpaired) electrons. The molecule has 3 unspecified atom stereocenters. The van der Waals surface area contributed by atoms with Crippen LogP contribution in [0, 0.1) is 5.92 Å². The maximum Gasteiger partial charge on any atom is 0.0897 e. The summed E-state index contributed by atoms with van der Waals surface area (Å²) in [5.74, 6) is 0.700. The molecule has 2 aliphatic rings. The predicted molar refractivity (Wildman–Crippen MR) is 86.5 cm³/mol. The average molecular weight is 298 g/mol. The van der Waals surface area contributed by atoms with Gasteiger partial charge in [-0.15, -0.1) is 0 Å². The fourth-order valence-electron chi connectivity index (χ4n) is 3.38. The fraction of sp³-hybridized carbons (Fsp3) is 1.00. The van der Waals surface area contributed by atoms with Crippen molar-refractivity contribution in [1.82, 2.24) is 10.2 Å². The van der Waals surface area contributed by atoms with Crippen molar-refractivity contribution < 1.29 is 9.84 Å². The Bertz CT molecular complexity index is 284. The summed E-state index contributed by atoms with van der Waals surface area (Å²) in [6.07, 6.45) is 9.00. The van der Waals surface area contributed by atoms with Crippen molar-refractivity contribution in [3.8, 4) is 0 Å². The van der Waals surface area contributed by atoms with Crippen molar-refractivity contribution in [3.05, 3.63) is 0 Å². The number of aliphatic hydroxyl groups is 1. The zero-order valence-electron chi connectivity index (χ0n) is 13.9. The van der Waals surface area contributed by atoms with Gasteiger partial charge < -0.3 is 20.1 Å². The van der Waals surface area contributed by atoms with Crippen LogP contribution in [0.5, 0.6) is 0 Å². The van der Waals surface area contributed by atoms with Crippen LogP contribution in [0.25, 0.3) is 0 Å². The van der Waals surface area contributed by atoms with E-state index in [0.717, 1.165) is 19.1 Å². The van der Waals surface area contributed by atoms with Crippen molar-refractivity contribution in [2.75, 3.05) is 33.3 Å². The fourth-order valence-corrected chi connectivity index (χ4v) is 3.38. The number of hydrogen-bond donors (Lipinski definition) is 2. The van der Waals surface area contributed by atoms with Crippen LogP contribution >= 0.6 is 0 Å². The number of aliphatic hydroxyl groups excluding tert-OH is 1. The Morgan fingerprint density at radius 3 is 2.71 bits per heavy atom. The third-order valence-corrected chi connectivity index (χ3v) is 5.06. The number of likely N-dealkylation sites (N-methyl/N-ethyl adjacent to an activating group) is 1. The molecule has 0 aromatic carbocycles. The van der Waals surface area contributed by atoms with Crippen LogP contribution in [0.4, 0.5) is 0 Å². The summed E-state index contributed by atoms with van der Waals surface area (Å²) in [7, 11) is 2.19. The van der Waals surface area contributed by atoms with Gasteiger partial charge in [-0.1, -0.05) is 26.2 Å². The molecule has 0 saturated heterocycles. The van der Waals surface area contributed by atoms with E-state index in [1.54, 1.807) is 0 Å². The minimum absolute atomic E-state index is 0.374. The van der Waals surface area contributed by atoms with E-state index < -0.39 is 0 Å². The minimum Gasteiger partial charge on any atom is -0.389 e. The molecular formula is C17H34N2O2. The third kappa shape index (κ3) is 6.23. The zero-order valence-corrected chi connectivity index (χ0v) is 13.9. The lowest BCUT2D eigenvalue weighted by molar-refractivity contribution is -0.0499. The molecule has 0 aliphatic heterocycles. The first-order valence-corrected chi connectivity index (χ1v) is 8.91. The lowest BCUT2D eigenvalue weighted by atomic mass is 9.85. The van der Waals surface area contributed by atoms with Crippen LogP contribution in [0.1, 0.15) is 51.9 Å². The van der Waals surface area contributed by atoms with Gasteiger partial charge in [0, 0.05) is 25.7 Å². The van der Waals surface area contributed by atoms with Crippen LogP contribution in [0.15, 0.2) is 0 Å². The molecule has 2 N–H and O–H groups in total. The van der Waals surface area contributed by atoms with Gasteiger partial charge in [-0.3, -0.25) is 0 Å². The van der Waals surface area contributed by atoms with Gasteiger partial charge in [0.2, 0.25) is 0 Å². The topological polar surface area (TPSA) is 44.7 Å². The molecule has 0 aromatic rings. The highest BCUT2D eigenvalue weighted by molar-refractivity contribution is 4.82. The molecule has 2 fully saturated rings. The van der Waals surface area contributed by atoms with Gasteiger partial charge >= 0.3 is 0 Å². The molecule has 21 heavy (non-hydrogen) atoms. The van der Waals surface area contributed by atoms with Gasteiger partial charge in [-0.25, -0.2) is 0 Å². The molecule has 2 saturated carbocycles. The van der Waals surface area contributed by atoms with Crippen LogP contribution in [0.3, 0.4) is 0 Å². The highest BCUT2D eigenvalue weighted by atomic mass is 16.5. The lowest BCUT2D eigenvalue weighted by Gasteiger charge is -2.31. The van der Waals surface area contributed by atoms with Gasteiger partial charge in [0.1, 0.15) is 0 Å². The van der Waals surface area contributed by atoms with Crippen LogP contribution in [-0.4, -0.2) is 61.5 Å². The molecule has 2 rings (SSSR count). The van der Waals surface area contributed by atoms with Crippen molar-refractivity contribution in [2.24, 2.45) is 5.92 Å². The van der Waals surface area contributed by atoms with E-state index in [2.05, 4.69) is 24.2 Å². The zero-order chi connectivity index (χ0) is 15.1. The van der Waals surface area contributed by atoms with E-state index >= 15 is 0 Å². The molecule has 0 amide bonds. The van der Waals surface area contributed by atoms with E-state index in [-0.39, 0.29) is 6.10 Å². The molecule has 0 bridgehead atoms. The van der Waals surface area contributed by atoms with E-state index in [1.165, 1.54) is 44.9 Å². The second-order valence-corrected chi connectivity index (χ2v) is 6.89. The Hall–Kier alpha value is -0.160. The van der Waals surface area contributed by atoms with Crippen molar-refractivity contribution in [2.45, 2.75) is 70.1 Å². The second-order valence-electron chi connectivity index (χ2n) is 6.89. The van der Waals surface area contributed by atoms with Crippen molar-refractivity contribution >= 4 is 0 Å². The molecule has 124 valence electrons. The van der Waals surface area contributed by atoms with Gasteiger partial charge in [0.25, 0.3) is 0 Å². The van der Waals surface area contributed by atoms with Crippen LogP contribution < -0.4 is 5.32 Å². The van der Waals surface area contributed by atoms with Crippen LogP contribution in [-0.2, 0) is 4.74 Å². The molecule has 0 heterocycles. The predicted octanol–water partition coefficient (Wildman–Crippen LogP) is 2.02. The first-order chi connectivity index (χ1) is 10.2. The SMILES string of the molecule is CCC1CCCCC1OCC(O)CNCCN(C)C1CC1. The number of nitrogens with one attached hydrogen (secondary N) is 1. The summed E-state index contributed by atoms with van der Waals surface area (Å²) < 4.78 is 5.97. The monoisotopic (exact) mass is 298 g/mol. The third-order valence-electron chi connectivity index (χ3n) is 5.06. The Kier molecular flexibility index (Phi) is 7.44. The molecule has 4 nitrogen and oxygen atoms in total. The van der Waals surface area contributed by atoms with E-state index in [0.29, 0.717) is 25.2 Å². The van der Waals surface area contributed by atoms with Crippen molar-refractivity contribution in [1.29, 1.82) is 0 Å². The lowest BCUT2D eigenvalue weighted by Crippen LogP contribution is -2.37. The number of nitrogens with zero attached hydrogens (tertiary/aromatic N) is 1. The standard InChI is InChI=1S/C17H34N2O2/c1-3-14-6-4-5-7-17(14)21-13-16(20)12-18-10-11-19(2)15-8-9-15/h14-18,20H,3-13H2,1-2H3. The first kappa shape index (κ1) is 17.2. The number of rotatable bonds is 10. The molecule has 0 aromatic heterocycles. The highest BCUT2D eigenvalue weighted by Crippen LogP contribution is 2.29. The highest BCUT2D eigenvalue weighted by Gasteiger charge is 2.26. The van der Waals surface area contributed by atoms with Gasteiger partial charge in [-0.05, 0) is 38.6 Å². The molecule has 4 heteroatoms. The largest absolute Gasteiger partial charge is 0.389 e. The van der Waals surface area contributed by atoms with E-state index in [9.17, 15) is 5.11 Å². The maximum atomic E-state index is 10.0. The Balaban J connectivity index is 1.51. The smallest absolute Gasteiger partial charge is 0.0897 e. The van der Waals surface area contributed by atoms with E-state index in [1.807, 2.05) is 0 Å². The summed E-state index contributed by atoms with van der Waals surface area (Å²) in [6.45, 7) is 5.39. The van der Waals surface area contributed by atoms with Gasteiger partial charge in [0.05, 0.1) is 18.8 Å².